The number of nitrogens with two attached hydrogens (primary N) is 1. The lowest BCUT2D eigenvalue weighted by Crippen LogP contribution is -2.59. The summed E-state index contributed by atoms with van der Waals surface area (Å²) in [6, 6.07) is -0.182. The van der Waals surface area contributed by atoms with E-state index in [1.807, 2.05) is 0 Å². The number of fused-ring (bicyclic) bond motifs is 1. The highest BCUT2D eigenvalue weighted by Crippen LogP contribution is 2.45. The molecule has 2 heterocycles. The highest BCUT2D eigenvalue weighted by atomic mass is 32.2. The monoisotopic (exact) mass is 258 g/mol. The van der Waals surface area contributed by atoms with Crippen molar-refractivity contribution in [2.45, 2.75) is 12.5 Å². The first kappa shape index (κ1) is 12.4. The SMILES string of the molecule is NCCSC1=C(C(=O)O)N2C(=O)C(CO)C2C1. The second-order valence-corrected chi connectivity index (χ2v) is 5.17. The summed E-state index contributed by atoms with van der Waals surface area (Å²) < 4.78 is 0. The lowest BCUT2D eigenvalue weighted by atomic mass is 9.88. The topological polar surface area (TPSA) is 104 Å². The second-order valence-electron chi connectivity index (χ2n) is 3.98. The molecular weight excluding hydrogens is 244 g/mol. The summed E-state index contributed by atoms with van der Waals surface area (Å²) in [5, 5.41) is 18.2. The first-order valence-corrected chi connectivity index (χ1v) is 6.33. The molecule has 6 nitrogen and oxygen atoms in total. The van der Waals surface area contributed by atoms with E-state index in [1.54, 1.807) is 0 Å². The Balaban J connectivity index is 2.20. The van der Waals surface area contributed by atoms with Gasteiger partial charge in [-0.2, -0.15) is 0 Å². The number of carboxylic acids is 1. The van der Waals surface area contributed by atoms with Crippen LogP contribution in [0.1, 0.15) is 6.42 Å². The molecule has 7 heteroatoms. The molecule has 0 bridgehead atoms. The molecule has 1 fully saturated rings. The number of nitrogens with zero attached hydrogens (tertiary/aromatic N) is 1. The average molecular weight is 258 g/mol. The molecule has 0 aliphatic carbocycles. The molecule has 0 saturated carbocycles. The molecule has 1 saturated heterocycles. The Kier molecular flexibility index (Phi) is 3.41. The van der Waals surface area contributed by atoms with Crippen molar-refractivity contribution in [3.63, 3.8) is 0 Å². The van der Waals surface area contributed by atoms with Crippen molar-refractivity contribution >= 4 is 23.6 Å². The Hall–Kier alpha value is -1.05. The van der Waals surface area contributed by atoms with Crippen molar-refractivity contribution in [2.24, 2.45) is 11.7 Å². The zero-order chi connectivity index (χ0) is 12.6. The summed E-state index contributed by atoms with van der Waals surface area (Å²) in [6.45, 7) is 0.241. The molecule has 2 rings (SSSR count). The predicted octanol–water partition coefficient (Wildman–Crippen LogP) is -0.802. The minimum Gasteiger partial charge on any atom is -0.477 e. The maximum Gasteiger partial charge on any atom is 0.353 e. The van der Waals surface area contributed by atoms with Gasteiger partial charge in [-0.3, -0.25) is 4.79 Å². The number of hydrogen-bond donors (Lipinski definition) is 3. The molecule has 1 amide bonds. The number of hydrogen-bond acceptors (Lipinski definition) is 5. The van der Waals surface area contributed by atoms with Crippen LogP contribution in [0.4, 0.5) is 0 Å². The number of thioether (sulfide) groups is 1. The molecule has 2 aliphatic rings. The van der Waals surface area contributed by atoms with Gasteiger partial charge in [-0.05, 0) is 0 Å². The van der Waals surface area contributed by atoms with E-state index in [-0.39, 0.29) is 24.3 Å². The third-order valence-corrected chi connectivity index (χ3v) is 4.19. The van der Waals surface area contributed by atoms with Gasteiger partial charge in [-0.25, -0.2) is 4.79 Å². The van der Waals surface area contributed by atoms with Crippen LogP contribution in [0.2, 0.25) is 0 Å². The maximum absolute atomic E-state index is 11.6. The summed E-state index contributed by atoms with van der Waals surface area (Å²) in [5.41, 5.74) is 5.45. The van der Waals surface area contributed by atoms with Gasteiger partial charge in [0.2, 0.25) is 5.91 Å². The minimum absolute atomic E-state index is 0.0724. The van der Waals surface area contributed by atoms with Crippen LogP contribution >= 0.6 is 11.8 Å². The van der Waals surface area contributed by atoms with Gasteiger partial charge in [-0.15, -0.1) is 11.8 Å². The number of aliphatic hydroxyl groups excluding tert-OH is 1. The van der Waals surface area contributed by atoms with Crippen molar-refractivity contribution < 1.29 is 19.8 Å². The Morgan fingerprint density at radius 3 is 2.82 bits per heavy atom. The van der Waals surface area contributed by atoms with Crippen LogP contribution < -0.4 is 5.73 Å². The van der Waals surface area contributed by atoms with E-state index in [1.165, 1.54) is 16.7 Å². The molecule has 94 valence electrons. The number of amides is 1. The normalized spacial score (nSPS) is 27.2. The van der Waals surface area contributed by atoms with E-state index >= 15 is 0 Å². The number of rotatable bonds is 5. The van der Waals surface area contributed by atoms with Crippen LogP contribution in [-0.2, 0) is 9.59 Å². The second kappa shape index (κ2) is 4.67. The molecule has 2 atom stereocenters. The van der Waals surface area contributed by atoms with Gasteiger partial charge in [-0.1, -0.05) is 0 Å². The Morgan fingerprint density at radius 1 is 1.59 bits per heavy atom. The number of aliphatic hydroxyl groups is 1. The van der Waals surface area contributed by atoms with Crippen LogP contribution in [0.5, 0.6) is 0 Å². The number of carbonyl (C=O) groups is 2. The van der Waals surface area contributed by atoms with E-state index in [0.29, 0.717) is 23.6 Å². The molecule has 4 N–H and O–H groups in total. The lowest BCUT2D eigenvalue weighted by Gasteiger charge is -2.42. The summed E-state index contributed by atoms with van der Waals surface area (Å²) in [7, 11) is 0. The summed E-state index contributed by atoms with van der Waals surface area (Å²) in [5.74, 6) is -1.19. The number of carbonyl (C=O) groups excluding carboxylic acids is 1. The van der Waals surface area contributed by atoms with Crippen molar-refractivity contribution in [3.8, 4) is 0 Å². The Bertz CT molecular complexity index is 396. The van der Waals surface area contributed by atoms with Crippen LogP contribution in [0.3, 0.4) is 0 Å². The van der Waals surface area contributed by atoms with Crippen molar-refractivity contribution in [2.75, 3.05) is 18.9 Å². The third kappa shape index (κ3) is 1.84. The van der Waals surface area contributed by atoms with E-state index in [2.05, 4.69) is 0 Å². The Morgan fingerprint density at radius 2 is 2.29 bits per heavy atom. The highest BCUT2D eigenvalue weighted by molar-refractivity contribution is 8.03. The lowest BCUT2D eigenvalue weighted by molar-refractivity contribution is -0.157. The number of carboxylic acid groups (broad SMARTS) is 1. The van der Waals surface area contributed by atoms with Crippen molar-refractivity contribution in [3.05, 3.63) is 10.6 Å². The maximum atomic E-state index is 11.6. The quantitative estimate of drug-likeness (QED) is 0.558. The van der Waals surface area contributed by atoms with Gasteiger partial charge in [0.25, 0.3) is 0 Å². The van der Waals surface area contributed by atoms with E-state index in [9.17, 15) is 9.59 Å². The van der Waals surface area contributed by atoms with Gasteiger partial charge >= 0.3 is 5.97 Å². The molecular formula is C10H14N2O4S. The molecule has 2 aliphatic heterocycles. The summed E-state index contributed by atoms with van der Waals surface area (Å²) >= 11 is 1.38. The van der Waals surface area contributed by atoms with Crippen molar-refractivity contribution in [1.82, 2.24) is 4.90 Å². The smallest absolute Gasteiger partial charge is 0.353 e. The van der Waals surface area contributed by atoms with Gasteiger partial charge in [0, 0.05) is 23.6 Å². The number of β-lactam (4-membered cyclic amide) rings is 1. The molecule has 0 spiro atoms. The number of aliphatic carboxylic acids is 1. The third-order valence-electron chi connectivity index (χ3n) is 3.04. The minimum atomic E-state index is -1.09. The first-order valence-electron chi connectivity index (χ1n) is 5.35. The summed E-state index contributed by atoms with van der Waals surface area (Å²) in [4.78, 5) is 24.8. The highest BCUT2D eigenvalue weighted by Gasteiger charge is 2.54. The zero-order valence-corrected chi connectivity index (χ0v) is 9.94. The van der Waals surface area contributed by atoms with Gasteiger partial charge in [0.05, 0.1) is 18.6 Å². The van der Waals surface area contributed by atoms with E-state index in [4.69, 9.17) is 15.9 Å². The van der Waals surface area contributed by atoms with Crippen LogP contribution in [0.15, 0.2) is 10.6 Å². The fraction of sp³-hybridized carbons (Fsp3) is 0.600. The molecule has 17 heavy (non-hydrogen) atoms. The van der Waals surface area contributed by atoms with E-state index in [0.717, 1.165) is 0 Å². The van der Waals surface area contributed by atoms with Crippen molar-refractivity contribution in [1.29, 1.82) is 0 Å². The van der Waals surface area contributed by atoms with E-state index < -0.39 is 11.9 Å². The first-order chi connectivity index (χ1) is 8.11. The standard InChI is InChI=1S/C10H14N2O4S/c11-1-2-17-7-3-6-5(4-13)9(14)12(6)8(7)10(15)16/h5-6,13H,1-4,11H2,(H,15,16). The molecule has 0 radical (unpaired) electrons. The zero-order valence-electron chi connectivity index (χ0n) is 9.13. The molecule has 0 aromatic carbocycles. The predicted molar refractivity (Wildman–Crippen MR) is 62.0 cm³/mol. The summed E-state index contributed by atoms with van der Waals surface area (Å²) in [6.07, 6.45) is 0.517. The van der Waals surface area contributed by atoms with Gasteiger partial charge in [0.1, 0.15) is 5.70 Å². The average Bonchev–Trinajstić information content (AvgIpc) is 2.62. The fourth-order valence-corrected chi connectivity index (χ4v) is 3.24. The molecule has 2 unspecified atom stereocenters. The van der Waals surface area contributed by atoms with Gasteiger partial charge in [0.15, 0.2) is 0 Å². The molecule has 0 aromatic rings. The molecule has 0 aromatic heterocycles. The fourth-order valence-electron chi connectivity index (χ4n) is 2.27. The van der Waals surface area contributed by atoms with Crippen LogP contribution in [-0.4, -0.2) is 51.9 Å². The largest absolute Gasteiger partial charge is 0.477 e. The van der Waals surface area contributed by atoms with Crippen LogP contribution in [0.25, 0.3) is 0 Å². The Labute approximate surface area is 102 Å². The van der Waals surface area contributed by atoms with Crippen LogP contribution in [0, 0.1) is 5.92 Å². The van der Waals surface area contributed by atoms with Gasteiger partial charge < -0.3 is 20.8 Å².